The zero-order chi connectivity index (χ0) is 9.31. The molecular weight excluding hydrogens is 166 g/mol. The summed E-state index contributed by atoms with van der Waals surface area (Å²) < 4.78 is 11.2. The standard InChI is InChI=1S/C10H19NO2/c1-10(8-2-4-12-7-8)6-9(11)3-5-13-10/h8-9H,2-7,11H2,1H3. The first-order chi connectivity index (χ1) is 6.21. The van der Waals surface area contributed by atoms with Crippen molar-refractivity contribution in [3.8, 4) is 0 Å². The van der Waals surface area contributed by atoms with Crippen molar-refractivity contribution in [1.29, 1.82) is 0 Å². The van der Waals surface area contributed by atoms with Crippen molar-refractivity contribution in [1.82, 2.24) is 0 Å². The molecule has 2 rings (SSSR count). The molecular formula is C10H19NO2. The molecule has 0 amide bonds. The molecule has 2 aliphatic rings. The van der Waals surface area contributed by atoms with E-state index in [0.29, 0.717) is 12.0 Å². The molecule has 2 aliphatic heterocycles. The Morgan fingerprint density at radius 1 is 1.31 bits per heavy atom. The van der Waals surface area contributed by atoms with Gasteiger partial charge in [-0.1, -0.05) is 0 Å². The number of hydrogen-bond acceptors (Lipinski definition) is 3. The van der Waals surface area contributed by atoms with Crippen LogP contribution in [0, 0.1) is 5.92 Å². The minimum absolute atomic E-state index is 0.0197. The van der Waals surface area contributed by atoms with Gasteiger partial charge in [0.2, 0.25) is 0 Å². The van der Waals surface area contributed by atoms with Gasteiger partial charge in [0.1, 0.15) is 0 Å². The van der Waals surface area contributed by atoms with Crippen LogP contribution in [0.4, 0.5) is 0 Å². The molecule has 3 heteroatoms. The average Bonchev–Trinajstić information content (AvgIpc) is 2.55. The van der Waals surface area contributed by atoms with E-state index in [0.717, 1.165) is 39.1 Å². The first kappa shape index (κ1) is 9.44. The highest BCUT2D eigenvalue weighted by molar-refractivity contribution is 4.92. The Labute approximate surface area is 79.6 Å². The fourth-order valence-electron chi connectivity index (χ4n) is 2.43. The molecule has 0 aromatic carbocycles. The van der Waals surface area contributed by atoms with E-state index in [9.17, 15) is 0 Å². The van der Waals surface area contributed by atoms with Crippen molar-refractivity contribution in [2.45, 2.75) is 37.8 Å². The summed E-state index contributed by atoms with van der Waals surface area (Å²) in [6.45, 7) is 4.74. The second kappa shape index (κ2) is 3.56. The Morgan fingerprint density at radius 3 is 2.77 bits per heavy atom. The molecule has 3 unspecified atom stereocenters. The van der Waals surface area contributed by atoms with Gasteiger partial charge in [-0.3, -0.25) is 0 Å². The average molecular weight is 185 g/mol. The van der Waals surface area contributed by atoms with Gasteiger partial charge >= 0.3 is 0 Å². The minimum Gasteiger partial charge on any atom is -0.381 e. The van der Waals surface area contributed by atoms with Crippen molar-refractivity contribution in [3.05, 3.63) is 0 Å². The molecule has 3 atom stereocenters. The maximum atomic E-state index is 5.96. The number of nitrogens with two attached hydrogens (primary N) is 1. The lowest BCUT2D eigenvalue weighted by Crippen LogP contribution is -2.48. The Morgan fingerprint density at radius 2 is 2.15 bits per heavy atom. The van der Waals surface area contributed by atoms with Crippen LogP contribution in [0.1, 0.15) is 26.2 Å². The van der Waals surface area contributed by atoms with Gasteiger partial charge in [-0.2, -0.15) is 0 Å². The molecule has 2 N–H and O–H groups in total. The van der Waals surface area contributed by atoms with Crippen LogP contribution in [0.25, 0.3) is 0 Å². The van der Waals surface area contributed by atoms with Crippen LogP contribution in [-0.2, 0) is 9.47 Å². The van der Waals surface area contributed by atoms with Gasteiger partial charge in [0, 0.05) is 25.2 Å². The lowest BCUT2D eigenvalue weighted by atomic mass is 9.81. The molecule has 3 nitrogen and oxygen atoms in total. The fraction of sp³-hybridized carbons (Fsp3) is 1.00. The zero-order valence-electron chi connectivity index (χ0n) is 8.29. The summed E-state index contributed by atoms with van der Waals surface area (Å²) in [7, 11) is 0. The smallest absolute Gasteiger partial charge is 0.0720 e. The maximum Gasteiger partial charge on any atom is 0.0720 e. The van der Waals surface area contributed by atoms with E-state index in [2.05, 4.69) is 6.92 Å². The molecule has 13 heavy (non-hydrogen) atoms. The highest BCUT2D eigenvalue weighted by atomic mass is 16.5. The van der Waals surface area contributed by atoms with Crippen LogP contribution in [0.5, 0.6) is 0 Å². The highest BCUT2D eigenvalue weighted by Crippen LogP contribution is 2.35. The van der Waals surface area contributed by atoms with Crippen LogP contribution in [-0.4, -0.2) is 31.5 Å². The summed E-state index contributed by atoms with van der Waals surface area (Å²) in [6, 6.07) is 0.319. The van der Waals surface area contributed by atoms with Crippen LogP contribution < -0.4 is 5.73 Å². The topological polar surface area (TPSA) is 44.5 Å². The van der Waals surface area contributed by atoms with Crippen molar-refractivity contribution in [3.63, 3.8) is 0 Å². The predicted octanol–water partition coefficient (Wildman–Crippen LogP) is 0.919. The number of rotatable bonds is 1. The molecule has 0 saturated carbocycles. The summed E-state index contributed by atoms with van der Waals surface area (Å²) >= 11 is 0. The molecule has 0 aliphatic carbocycles. The zero-order valence-corrected chi connectivity index (χ0v) is 8.29. The van der Waals surface area contributed by atoms with E-state index in [-0.39, 0.29) is 5.60 Å². The number of hydrogen-bond donors (Lipinski definition) is 1. The van der Waals surface area contributed by atoms with Crippen LogP contribution in [0.3, 0.4) is 0 Å². The Balaban J connectivity index is 2.00. The van der Waals surface area contributed by atoms with Gasteiger partial charge in [-0.05, 0) is 26.2 Å². The molecule has 0 radical (unpaired) electrons. The normalized spacial score (nSPS) is 46.6. The highest BCUT2D eigenvalue weighted by Gasteiger charge is 2.40. The third-order valence-electron chi connectivity index (χ3n) is 3.38. The van der Waals surface area contributed by atoms with E-state index < -0.39 is 0 Å². The summed E-state index contributed by atoms with van der Waals surface area (Å²) in [5, 5.41) is 0. The van der Waals surface area contributed by atoms with E-state index in [1.807, 2.05) is 0 Å². The molecule has 2 fully saturated rings. The molecule has 2 heterocycles. The van der Waals surface area contributed by atoms with Gasteiger partial charge in [0.15, 0.2) is 0 Å². The van der Waals surface area contributed by atoms with E-state index in [4.69, 9.17) is 15.2 Å². The molecule has 0 aromatic rings. The van der Waals surface area contributed by atoms with Crippen LogP contribution in [0.15, 0.2) is 0 Å². The summed E-state index contributed by atoms with van der Waals surface area (Å²) in [4.78, 5) is 0. The first-order valence-corrected chi connectivity index (χ1v) is 5.18. The third kappa shape index (κ3) is 1.87. The third-order valence-corrected chi connectivity index (χ3v) is 3.38. The van der Waals surface area contributed by atoms with Crippen LogP contribution in [0.2, 0.25) is 0 Å². The predicted molar refractivity (Wildman–Crippen MR) is 50.5 cm³/mol. The minimum atomic E-state index is -0.0197. The summed E-state index contributed by atoms with van der Waals surface area (Å²) in [6.07, 6.45) is 3.12. The molecule has 76 valence electrons. The van der Waals surface area contributed by atoms with E-state index in [1.54, 1.807) is 0 Å². The van der Waals surface area contributed by atoms with Crippen molar-refractivity contribution >= 4 is 0 Å². The summed E-state index contributed by atoms with van der Waals surface area (Å²) in [5.41, 5.74) is 5.94. The second-order valence-electron chi connectivity index (χ2n) is 4.47. The van der Waals surface area contributed by atoms with Crippen molar-refractivity contribution in [2.24, 2.45) is 11.7 Å². The largest absolute Gasteiger partial charge is 0.381 e. The quantitative estimate of drug-likeness (QED) is 0.660. The van der Waals surface area contributed by atoms with Gasteiger partial charge < -0.3 is 15.2 Å². The Bertz CT molecular complexity index is 180. The van der Waals surface area contributed by atoms with Crippen molar-refractivity contribution < 1.29 is 9.47 Å². The van der Waals surface area contributed by atoms with Gasteiger partial charge in [-0.25, -0.2) is 0 Å². The van der Waals surface area contributed by atoms with Gasteiger partial charge in [0.05, 0.1) is 12.2 Å². The number of ether oxygens (including phenoxy) is 2. The Kier molecular flexibility index (Phi) is 2.58. The van der Waals surface area contributed by atoms with E-state index in [1.165, 1.54) is 0 Å². The molecule has 2 saturated heterocycles. The molecule has 0 bridgehead atoms. The fourth-order valence-corrected chi connectivity index (χ4v) is 2.43. The SMILES string of the molecule is CC1(C2CCOC2)CC(N)CCO1. The lowest BCUT2D eigenvalue weighted by Gasteiger charge is -2.40. The lowest BCUT2D eigenvalue weighted by molar-refractivity contribution is -0.109. The molecule has 0 spiro atoms. The molecule has 0 aromatic heterocycles. The maximum absolute atomic E-state index is 5.96. The van der Waals surface area contributed by atoms with Gasteiger partial charge in [0.25, 0.3) is 0 Å². The monoisotopic (exact) mass is 185 g/mol. The first-order valence-electron chi connectivity index (χ1n) is 5.18. The van der Waals surface area contributed by atoms with Gasteiger partial charge in [-0.15, -0.1) is 0 Å². The summed E-state index contributed by atoms with van der Waals surface area (Å²) in [5.74, 6) is 0.554. The second-order valence-corrected chi connectivity index (χ2v) is 4.47. The van der Waals surface area contributed by atoms with Crippen LogP contribution >= 0.6 is 0 Å². The Hall–Kier alpha value is -0.120. The van der Waals surface area contributed by atoms with Crippen molar-refractivity contribution in [2.75, 3.05) is 19.8 Å². The van der Waals surface area contributed by atoms with E-state index >= 15 is 0 Å².